The molecule has 1 aromatic heterocycles. The molecule has 6 rings (SSSR count). The number of carbonyl (C=O) groups excluding carboxylic acids is 2. The van der Waals surface area contributed by atoms with E-state index in [1.54, 1.807) is 0 Å². The van der Waals surface area contributed by atoms with E-state index in [-0.39, 0.29) is 11.8 Å². The lowest BCUT2D eigenvalue weighted by Gasteiger charge is -2.42. The number of hydrogen-bond acceptors (Lipinski definition) is 4. The molecule has 198 valence electrons. The number of amides is 2. The number of carbonyl (C=O) groups is 2. The third-order valence-corrected chi connectivity index (χ3v) is 8.15. The van der Waals surface area contributed by atoms with Crippen molar-refractivity contribution in [1.29, 1.82) is 0 Å². The first-order valence-electron chi connectivity index (χ1n) is 13.9. The summed E-state index contributed by atoms with van der Waals surface area (Å²) in [5, 5.41) is 0.900. The smallest absolute Gasteiger partial charge is 0.254 e. The summed E-state index contributed by atoms with van der Waals surface area (Å²) in [6.07, 6.45) is 1.95. The van der Waals surface area contributed by atoms with Gasteiger partial charge < -0.3 is 9.80 Å². The molecule has 3 aromatic carbocycles. The highest BCUT2D eigenvalue weighted by molar-refractivity contribution is 6.07. The maximum Gasteiger partial charge on any atom is 0.254 e. The topological polar surface area (TPSA) is 56.8 Å². The first kappa shape index (κ1) is 25.3. The number of fused-ring (bicyclic) bond motifs is 1. The molecular formula is C33H34N4O2. The predicted octanol–water partition coefficient (Wildman–Crippen LogP) is 5.27. The Bertz CT molecular complexity index is 1490. The van der Waals surface area contributed by atoms with Gasteiger partial charge in [0.05, 0.1) is 16.8 Å². The molecular weight excluding hydrogens is 484 g/mol. The minimum absolute atomic E-state index is 0.0745. The minimum atomic E-state index is 0.0745. The van der Waals surface area contributed by atoms with Crippen molar-refractivity contribution in [3.05, 3.63) is 102 Å². The fraction of sp³-hybridized carbons (Fsp3) is 0.303. The second-order valence-electron chi connectivity index (χ2n) is 10.7. The fourth-order valence-corrected chi connectivity index (χ4v) is 5.96. The van der Waals surface area contributed by atoms with Gasteiger partial charge in [-0.15, -0.1) is 0 Å². The first-order chi connectivity index (χ1) is 19.1. The van der Waals surface area contributed by atoms with Crippen molar-refractivity contribution in [3.8, 4) is 11.3 Å². The molecule has 2 aliphatic heterocycles. The number of piperidine rings is 1. The molecule has 2 aliphatic rings. The summed E-state index contributed by atoms with van der Waals surface area (Å²) >= 11 is 0. The van der Waals surface area contributed by atoms with Crippen molar-refractivity contribution in [2.45, 2.75) is 25.8 Å². The van der Waals surface area contributed by atoms with Crippen LogP contribution in [0.3, 0.4) is 0 Å². The van der Waals surface area contributed by atoms with Gasteiger partial charge in [-0.05, 0) is 50.1 Å². The average Bonchev–Trinajstić information content (AvgIpc) is 3.00. The van der Waals surface area contributed by atoms with Gasteiger partial charge in [-0.2, -0.15) is 0 Å². The summed E-state index contributed by atoms with van der Waals surface area (Å²) in [5.41, 5.74) is 5.35. The van der Waals surface area contributed by atoms with Gasteiger partial charge in [-0.25, -0.2) is 4.98 Å². The zero-order chi connectivity index (χ0) is 26.8. The molecule has 0 atom stereocenters. The Morgan fingerprint density at radius 2 is 1.41 bits per heavy atom. The van der Waals surface area contributed by atoms with E-state index in [2.05, 4.69) is 30.0 Å². The summed E-state index contributed by atoms with van der Waals surface area (Å²) in [7, 11) is 0. The molecule has 0 radical (unpaired) electrons. The third-order valence-electron chi connectivity index (χ3n) is 8.15. The lowest BCUT2D eigenvalue weighted by molar-refractivity contribution is 0.0413. The number of rotatable bonds is 4. The van der Waals surface area contributed by atoms with Crippen LogP contribution in [0.5, 0.6) is 0 Å². The Morgan fingerprint density at radius 3 is 2.15 bits per heavy atom. The summed E-state index contributed by atoms with van der Waals surface area (Å²) in [6.45, 7) is 6.76. The quantitative estimate of drug-likeness (QED) is 0.369. The lowest BCUT2D eigenvalue weighted by atomic mass is 10.0. The molecule has 39 heavy (non-hydrogen) atoms. The van der Waals surface area contributed by atoms with Gasteiger partial charge in [0.2, 0.25) is 0 Å². The fourth-order valence-electron chi connectivity index (χ4n) is 5.96. The van der Waals surface area contributed by atoms with Gasteiger partial charge in [0, 0.05) is 61.8 Å². The van der Waals surface area contributed by atoms with Crippen LogP contribution in [-0.2, 0) is 0 Å². The number of benzene rings is 3. The van der Waals surface area contributed by atoms with Crippen LogP contribution < -0.4 is 0 Å². The van der Waals surface area contributed by atoms with Crippen LogP contribution in [0.2, 0.25) is 0 Å². The van der Waals surface area contributed by atoms with Crippen LogP contribution in [0.15, 0.2) is 84.9 Å². The van der Waals surface area contributed by atoms with Crippen LogP contribution in [0.25, 0.3) is 22.2 Å². The molecule has 0 unspecified atom stereocenters. The van der Waals surface area contributed by atoms with Crippen molar-refractivity contribution < 1.29 is 9.59 Å². The van der Waals surface area contributed by atoms with E-state index in [4.69, 9.17) is 4.98 Å². The van der Waals surface area contributed by atoms with Gasteiger partial charge in [0.1, 0.15) is 0 Å². The van der Waals surface area contributed by atoms with Crippen LogP contribution in [0.4, 0.5) is 0 Å². The standard InChI is InChI=1S/C33H34N4O2/c1-24-8-7-11-26(22-24)31-23-29(28-12-5-6-13-30(28)34-31)33(39)37-20-18-35(19-21-37)27-14-16-36(17-15-27)32(38)25-9-3-2-4-10-25/h2-13,22-23,27H,14-21H2,1H3. The Morgan fingerprint density at radius 1 is 0.718 bits per heavy atom. The minimum Gasteiger partial charge on any atom is -0.339 e. The molecule has 0 spiro atoms. The Kier molecular flexibility index (Phi) is 7.12. The lowest BCUT2D eigenvalue weighted by Crippen LogP contribution is -2.54. The molecule has 0 saturated carbocycles. The first-order valence-corrected chi connectivity index (χ1v) is 13.9. The third kappa shape index (κ3) is 5.30. The van der Waals surface area contributed by atoms with Crippen molar-refractivity contribution >= 4 is 22.7 Å². The summed E-state index contributed by atoms with van der Waals surface area (Å²) < 4.78 is 0. The summed E-state index contributed by atoms with van der Waals surface area (Å²) in [6, 6.07) is 28.2. The molecule has 0 bridgehead atoms. The highest BCUT2D eigenvalue weighted by Gasteiger charge is 2.31. The van der Waals surface area contributed by atoms with Crippen molar-refractivity contribution in [2.24, 2.45) is 0 Å². The predicted molar refractivity (Wildman–Crippen MR) is 155 cm³/mol. The number of hydrogen-bond donors (Lipinski definition) is 0. The van der Waals surface area contributed by atoms with Gasteiger partial charge >= 0.3 is 0 Å². The molecule has 3 heterocycles. The zero-order valence-corrected chi connectivity index (χ0v) is 22.4. The summed E-state index contributed by atoms with van der Waals surface area (Å²) in [4.78, 5) is 38.0. The molecule has 2 amide bonds. The van der Waals surface area contributed by atoms with E-state index in [0.29, 0.717) is 19.1 Å². The highest BCUT2D eigenvalue weighted by Crippen LogP contribution is 2.27. The molecule has 6 nitrogen and oxygen atoms in total. The second-order valence-corrected chi connectivity index (χ2v) is 10.7. The Hall–Kier alpha value is -4.03. The van der Waals surface area contributed by atoms with Crippen LogP contribution in [0.1, 0.15) is 39.1 Å². The van der Waals surface area contributed by atoms with Gasteiger partial charge in [-0.1, -0.05) is 60.2 Å². The number of likely N-dealkylation sites (tertiary alicyclic amines) is 1. The Balaban J connectivity index is 1.12. The zero-order valence-electron chi connectivity index (χ0n) is 22.4. The van der Waals surface area contributed by atoms with Crippen molar-refractivity contribution in [1.82, 2.24) is 19.7 Å². The van der Waals surface area contributed by atoms with E-state index >= 15 is 0 Å². The molecule has 6 heteroatoms. The van der Waals surface area contributed by atoms with Crippen LogP contribution in [0, 0.1) is 6.92 Å². The Labute approximate surface area is 229 Å². The molecule has 2 saturated heterocycles. The number of piperazine rings is 1. The maximum absolute atomic E-state index is 13.8. The number of aromatic nitrogens is 1. The van der Waals surface area contributed by atoms with E-state index in [0.717, 1.165) is 72.3 Å². The monoisotopic (exact) mass is 518 g/mol. The largest absolute Gasteiger partial charge is 0.339 e. The maximum atomic E-state index is 13.8. The van der Waals surface area contributed by atoms with E-state index in [1.165, 1.54) is 5.56 Å². The normalized spacial score (nSPS) is 16.9. The average molecular weight is 519 g/mol. The molecule has 0 aliphatic carbocycles. The second kappa shape index (κ2) is 11.0. The van der Waals surface area contributed by atoms with E-state index < -0.39 is 0 Å². The van der Waals surface area contributed by atoms with Gasteiger partial charge in [-0.3, -0.25) is 14.5 Å². The van der Waals surface area contributed by atoms with E-state index in [1.807, 2.05) is 76.5 Å². The van der Waals surface area contributed by atoms with Crippen molar-refractivity contribution in [3.63, 3.8) is 0 Å². The highest BCUT2D eigenvalue weighted by atomic mass is 16.2. The number of nitrogens with zero attached hydrogens (tertiary/aromatic N) is 4. The molecule has 0 N–H and O–H groups in total. The molecule has 4 aromatic rings. The number of aryl methyl sites for hydroxylation is 1. The number of pyridine rings is 1. The van der Waals surface area contributed by atoms with Crippen LogP contribution >= 0.6 is 0 Å². The van der Waals surface area contributed by atoms with Crippen LogP contribution in [-0.4, -0.2) is 76.8 Å². The SMILES string of the molecule is Cc1cccc(-c2cc(C(=O)N3CCN(C4CCN(C(=O)c5ccccc5)CC4)CC3)c3ccccc3n2)c1. The molecule has 2 fully saturated rings. The van der Waals surface area contributed by atoms with Crippen molar-refractivity contribution in [2.75, 3.05) is 39.3 Å². The summed E-state index contributed by atoms with van der Waals surface area (Å²) in [5.74, 6) is 0.199. The number of para-hydroxylation sites is 1. The van der Waals surface area contributed by atoms with Gasteiger partial charge in [0.25, 0.3) is 11.8 Å². The van der Waals surface area contributed by atoms with E-state index in [9.17, 15) is 9.59 Å². The van der Waals surface area contributed by atoms with Gasteiger partial charge in [0.15, 0.2) is 0 Å².